The molecule has 0 heterocycles. The summed E-state index contributed by atoms with van der Waals surface area (Å²) in [7, 11) is 0. The molecule has 1 aromatic rings. The number of aliphatic hydroxyl groups excluding tert-OH is 1. The second-order valence-electron chi connectivity index (χ2n) is 5.90. The van der Waals surface area contributed by atoms with Crippen LogP contribution in [-0.2, 0) is 6.54 Å². The van der Waals surface area contributed by atoms with Gasteiger partial charge in [0.05, 0.1) is 0 Å². The van der Waals surface area contributed by atoms with Crippen molar-refractivity contribution >= 4 is 15.9 Å². The van der Waals surface area contributed by atoms with Crippen molar-refractivity contribution in [2.24, 2.45) is 5.41 Å². The molecule has 0 saturated carbocycles. The first-order valence-electron chi connectivity index (χ1n) is 6.44. The van der Waals surface area contributed by atoms with Gasteiger partial charge >= 0.3 is 0 Å². The summed E-state index contributed by atoms with van der Waals surface area (Å²) in [5.41, 5.74) is 2.67. The fourth-order valence-electron chi connectivity index (χ4n) is 1.96. The maximum atomic E-state index is 9.13. The molecule has 0 bridgehead atoms. The monoisotopic (exact) mass is 313 g/mol. The summed E-state index contributed by atoms with van der Waals surface area (Å²) in [5, 5.41) is 12.7. The van der Waals surface area contributed by atoms with Crippen molar-refractivity contribution < 1.29 is 5.11 Å². The maximum Gasteiger partial charge on any atom is 0.0446 e. The quantitative estimate of drug-likeness (QED) is 0.869. The molecule has 0 aliphatic heterocycles. The van der Waals surface area contributed by atoms with Gasteiger partial charge in [-0.3, -0.25) is 0 Å². The van der Waals surface area contributed by atoms with Crippen molar-refractivity contribution in [1.29, 1.82) is 0 Å². The van der Waals surface area contributed by atoms with E-state index in [9.17, 15) is 0 Å². The van der Waals surface area contributed by atoms with Gasteiger partial charge in [0, 0.05) is 23.7 Å². The van der Waals surface area contributed by atoms with Gasteiger partial charge in [-0.25, -0.2) is 0 Å². The molecular formula is C15H24BrNO. The van der Waals surface area contributed by atoms with Crippen LogP contribution in [0, 0.1) is 12.3 Å². The molecule has 0 aromatic heterocycles. The molecular weight excluding hydrogens is 290 g/mol. The second kappa shape index (κ2) is 6.69. The molecule has 2 nitrogen and oxygen atoms in total. The Labute approximate surface area is 119 Å². The van der Waals surface area contributed by atoms with E-state index in [2.05, 4.69) is 67.1 Å². The Morgan fingerprint density at radius 1 is 1.33 bits per heavy atom. The Balaban J connectivity index is 2.64. The minimum Gasteiger partial charge on any atom is -0.396 e. The lowest BCUT2D eigenvalue weighted by atomic mass is 9.85. The van der Waals surface area contributed by atoms with E-state index in [0.717, 1.165) is 17.4 Å². The normalized spacial score (nSPS) is 13.7. The average Bonchev–Trinajstić information content (AvgIpc) is 2.27. The average molecular weight is 314 g/mol. The van der Waals surface area contributed by atoms with Gasteiger partial charge in [-0.2, -0.15) is 0 Å². The van der Waals surface area contributed by atoms with Gasteiger partial charge in [-0.15, -0.1) is 0 Å². The zero-order valence-electron chi connectivity index (χ0n) is 11.8. The van der Waals surface area contributed by atoms with Gasteiger partial charge < -0.3 is 10.4 Å². The molecule has 0 fully saturated rings. The Morgan fingerprint density at radius 2 is 2.00 bits per heavy atom. The van der Waals surface area contributed by atoms with Gasteiger partial charge in [-0.1, -0.05) is 48.8 Å². The first-order chi connectivity index (χ1) is 8.34. The number of rotatable bonds is 5. The van der Waals surface area contributed by atoms with Crippen LogP contribution >= 0.6 is 15.9 Å². The fraction of sp³-hybridized carbons (Fsp3) is 0.600. The molecule has 0 unspecified atom stereocenters. The lowest BCUT2D eigenvalue weighted by molar-refractivity contribution is 0.196. The van der Waals surface area contributed by atoms with E-state index in [1.165, 1.54) is 11.1 Å². The zero-order chi connectivity index (χ0) is 13.8. The van der Waals surface area contributed by atoms with E-state index in [1.54, 1.807) is 0 Å². The fourth-order valence-corrected chi connectivity index (χ4v) is 2.38. The van der Waals surface area contributed by atoms with Gasteiger partial charge in [0.15, 0.2) is 0 Å². The van der Waals surface area contributed by atoms with Crippen molar-refractivity contribution in [2.75, 3.05) is 6.61 Å². The maximum absolute atomic E-state index is 9.13. The Morgan fingerprint density at radius 3 is 2.50 bits per heavy atom. The van der Waals surface area contributed by atoms with Crippen molar-refractivity contribution in [1.82, 2.24) is 5.32 Å². The second-order valence-corrected chi connectivity index (χ2v) is 6.75. The van der Waals surface area contributed by atoms with Crippen LogP contribution in [0.1, 0.15) is 38.3 Å². The molecule has 1 rings (SSSR count). The summed E-state index contributed by atoms with van der Waals surface area (Å²) in [5.74, 6) is 0. The zero-order valence-corrected chi connectivity index (χ0v) is 13.3. The van der Waals surface area contributed by atoms with Crippen LogP contribution in [-0.4, -0.2) is 17.8 Å². The van der Waals surface area contributed by atoms with E-state index < -0.39 is 0 Å². The predicted molar refractivity (Wildman–Crippen MR) is 80.7 cm³/mol. The topological polar surface area (TPSA) is 32.3 Å². The van der Waals surface area contributed by atoms with Crippen LogP contribution in [0.2, 0.25) is 0 Å². The van der Waals surface area contributed by atoms with E-state index in [4.69, 9.17) is 5.11 Å². The highest BCUT2D eigenvalue weighted by atomic mass is 79.9. The third-order valence-corrected chi connectivity index (χ3v) is 4.11. The number of hydrogen-bond acceptors (Lipinski definition) is 2. The number of nitrogens with one attached hydrogen (secondary N) is 1. The number of halogens is 1. The number of benzene rings is 1. The molecule has 2 N–H and O–H groups in total. The first-order valence-corrected chi connectivity index (χ1v) is 7.23. The van der Waals surface area contributed by atoms with E-state index >= 15 is 0 Å². The van der Waals surface area contributed by atoms with Crippen molar-refractivity contribution in [2.45, 2.75) is 46.7 Å². The summed E-state index contributed by atoms with van der Waals surface area (Å²) in [6, 6.07) is 6.74. The lowest BCUT2D eigenvalue weighted by Crippen LogP contribution is -2.40. The standard InChI is InChI=1S/C15H24BrNO/c1-11-5-6-12(9-13(11)16)10-17-14(7-8-18)15(2,3)4/h5-6,9,14,17-18H,7-8,10H2,1-4H3/t14-/m0/s1. The van der Waals surface area contributed by atoms with Crippen molar-refractivity contribution in [3.05, 3.63) is 33.8 Å². The number of aryl methyl sites for hydroxylation is 1. The molecule has 102 valence electrons. The molecule has 0 spiro atoms. The minimum atomic E-state index is 0.157. The summed E-state index contributed by atoms with van der Waals surface area (Å²) in [4.78, 5) is 0. The van der Waals surface area contributed by atoms with Crippen LogP contribution in [0.3, 0.4) is 0 Å². The molecule has 0 radical (unpaired) electrons. The van der Waals surface area contributed by atoms with Crippen LogP contribution in [0.5, 0.6) is 0 Å². The van der Waals surface area contributed by atoms with Gasteiger partial charge in [0.1, 0.15) is 0 Å². The Bertz CT molecular complexity index is 385. The highest BCUT2D eigenvalue weighted by Crippen LogP contribution is 2.23. The summed E-state index contributed by atoms with van der Waals surface area (Å²) in [6.07, 6.45) is 0.788. The highest BCUT2D eigenvalue weighted by molar-refractivity contribution is 9.10. The van der Waals surface area contributed by atoms with E-state index in [1.807, 2.05) is 0 Å². The predicted octanol–water partition coefficient (Wildman–Crippen LogP) is 3.64. The van der Waals surface area contributed by atoms with Crippen LogP contribution in [0.25, 0.3) is 0 Å². The van der Waals surface area contributed by atoms with Gasteiger partial charge in [0.25, 0.3) is 0 Å². The molecule has 0 saturated heterocycles. The Hall–Kier alpha value is -0.380. The van der Waals surface area contributed by atoms with Crippen molar-refractivity contribution in [3.8, 4) is 0 Å². The van der Waals surface area contributed by atoms with Crippen molar-refractivity contribution in [3.63, 3.8) is 0 Å². The first kappa shape index (κ1) is 15.7. The highest BCUT2D eigenvalue weighted by Gasteiger charge is 2.23. The summed E-state index contributed by atoms with van der Waals surface area (Å²) in [6.45, 7) is 9.75. The smallest absolute Gasteiger partial charge is 0.0446 e. The third-order valence-electron chi connectivity index (χ3n) is 3.25. The minimum absolute atomic E-state index is 0.157. The lowest BCUT2D eigenvalue weighted by Gasteiger charge is -2.31. The molecule has 1 aromatic carbocycles. The number of hydrogen-bond donors (Lipinski definition) is 2. The van der Waals surface area contributed by atoms with Crippen LogP contribution in [0.4, 0.5) is 0 Å². The summed E-state index contributed by atoms with van der Waals surface area (Å²) < 4.78 is 1.15. The molecule has 0 aliphatic carbocycles. The van der Waals surface area contributed by atoms with E-state index in [0.29, 0.717) is 6.04 Å². The molecule has 3 heteroatoms. The van der Waals surface area contributed by atoms with E-state index in [-0.39, 0.29) is 12.0 Å². The van der Waals surface area contributed by atoms with Gasteiger partial charge in [0.2, 0.25) is 0 Å². The molecule has 1 atom stereocenters. The third kappa shape index (κ3) is 4.71. The summed E-state index contributed by atoms with van der Waals surface area (Å²) >= 11 is 3.56. The molecule has 0 amide bonds. The van der Waals surface area contributed by atoms with Crippen LogP contribution < -0.4 is 5.32 Å². The van der Waals surface area contributed by atoms with Gasteiger partial charge in [-0.05, 0) is 36.0 Å². The molecule has 18 heavy (non-hydrogen) atoms. The SMILES string of the molecule is Cc1ccc(CN[C@@H](CCO)C(C)(C)C)cc1Br. The number of aliphatic hydroxyl groups is 1. The largest absolute Gasteiger partial charge is 0.396 e. The Kier molecular flexibility index (Phi) is 5.83. The molecule has 0 aliphatic rings. The van der Waals surface area contributed by atoms with Crippen LogP contribution in [0.15, 0.2) is 22.7 Å².